The summed E-state index contributed by atoms with van der Waals surface area (Å²) < 4.78 is 9.11. The molecule has 0 aliphatic heterocycles. The number of benzene rings is 1. The summed E-state index contributed by atoms with van der Waals surface area (Å²) >= 11 is 0. The average Bonchev–Trinajstić information content (AvgIpc) is 2.43. The van der Waals surface area contributed by atoms with Gasteiger partial charge in [-0.15, -0.1) is 0 Å². The van der Waals surface area contributed by atoms with Crippen LogP contribution in [0.5, 0.6) is 0 Å². The second-order valence-electron chi connectivity index (χ2n) is 4.24. The van der Waals surface area contributed by atoms with E-state index in [1.807, 2.05) is 0 Å². The van der Waals surface area contributed by atoms with Crippen LogP contribution >= 0.6 is 0 Å². The van der Waals surface area contributed by atoms with Crippen molar-refractivity contribution in [3.8, 4) is 0 Å². The molecule has 0 heterocycles. The first kappa shape index (κ1) is 17.2. The van der Waals surface area contributed by atoms with Crippen molar-refractivity contribution in [3.05, 3.63) is 24.3 Å². The lowest BCUT2D eigenvalue weighted by Crippen LogP contribution is -2.21. The lowest BCUT2D eigenvalue weighted by atomic mass is 10.2. The minimum absolute atomic E-state index is 0.391. The zero-order valence-electron chi connectivity index (χ0n) is 12.2. The molecule has 0 unspecified atom stereocenters. The standard InChI is InChI=1S/C14H16N2O6/c1-9(17)21-7-13(19)15-11-4-3-5-12(6-11)16-14(20)8-22-10(2)18/h3-6H,7-8H2,1-2H3,(H,15,19)(H,16,20). The van der Waals surface area contributed by atoms with Crippen molar-refractivity contribution < 1.29 is 28.7 Å². The highest BCUT2D eigenvalue weighted by atomic mass is 16.5. The second kappa shape index (κ2) is 8.40. The zero-order valence-corrected chi connectivity index (χ0v) is 12.2. The summed E-state index contributed by atoms with van der Waals surface area (Å²) in [5.41, 5.74) is 0.838. The molecule has 118 valence electrons. The Labute approximate surface area is 126 Å². The van der Waals surface area contributed by atoms with Crippen LogP contribution in [0.15, 0.2) is 24.3 Å². The molecular weight excluding hydrogens is 292 g/mol. The van der Waals surface area contributed by atoms with Gasteiger partial charge in [0.2, 0.25) is 0 Å². The highest BCUT2D eigenvalue weighted by molar-refractivity contribution is 5.95. The van der Waals surface area contributed by atoms with Gasteiger partial charge in [-0.2, -0.15) is 0 Å². The van der Waals surface area contributed by atoms with E-state index >= 15 is 0 Å². The number of amides is 2. The number of ether oxygens (including phenoxy) is 2. The number of carbonyl (C=O) groups is 4. The number of anilines is 2. The summed E-state index contributed by atoms with van der Waals surface area (Å²) in [7, 11) is 0. The highest BCUT2D eigenvalue weighted by Gasteiger charge is 2.07. The maximum absolute atomic E-state index is 11.5. The number of rotatable bonds is 6. The van der Waals surface area contributed by atoms with E-state index < -0.39 is 37.0 Å². The van der Waals surface area contributed by atoms with E-state index in [-0.39, 0.29) is 0 Å². The number of hydrogen-bond donors (Lipinski definition) is 2. The van der Waals surface area contributed by atoms with E-state index in [1.165, 1.54) is 19.9 Å². The summed E-state index contributed by atoms with van der Waals surface area (Å²) in [6.45, 7) is 1.62. The molecule has 0 saturated heterocycles. The van der Waals surface area contributed by atoms with Crippen molar-refractivity contribution in [2.75, 3.05) is 23.8 Å². The smallest absolute Gasteiger partial charge is 0.303 e. The Hall–Kier alpha value is -2.90. The summed E-state index contributed by atoms with van der Waals surface area (Å²) in [5, 5.41) is 5.02. The molecule has 0 aliphatic rings. The Bertz CT molecular complexity index is 537. The summed E-state index contributed by atoms with van der Waals surface area (Å²) in [5.74, 6) is -2.11. The van der Waals surface area contributed by atoms with Gasteiger partial charge in [0, 0.05) is 25.2 Å². The molecule has 0 aliphatic carbocycles. The molecule has 2 amide bonds. The monoisotopic (exact) mass is 308 g/mol. The quantitative estimate of drug-likeness (QED) is 0.748. The van der Waals surface area contributed by atoms with Gasteiger partial charge in [-0.05, 0) is 18.2 Å². The Morgan fingerprint density at radius 1 is 0.864 bits per heavy atom. The minimum atomic E-state index is -0.554. The van der Waals surface area contributed by atoms with Gasteiger partial charge in [-0.1, -0.05) is 6.07 Å². The molecule has 0 aromatic heterocycles. The predicted molar refractivity (Wildman–Crippen MR) is 77.0 cm³/mol. The fourth-order valence-electron chi connectivity index (χ4n) is 1.40. The lowest BCUT2D eigenvalue weighted by molar-refractivity contribution is -0.145. The zero-order chi connectivity index (χ0) is 16.5. The summed E-state index contributed by atoms with van der Waals surface area (Å²) in [6.07, 6.45) is 0. The van der Waals surface area contributed by atoms with Crippen LogP contribution in [-0.4, -0.2) is 37.0 Å². The molecule has 1 aromatic carbocycles. The lowest BCUT2D eigenvalue weighted by Gasteiger charge is -2.09. The molecule has 0 spiro atoms. The van der Waals surface area contributed by atoms with Crippen LogP contribution in [0.3, 0.4) is 0 Å². The van der Waals surface area contributed by atoms with Crippen LogP contribution < -0.4 is 10.6 Å². The van der Waals surface area contributed by atoms with Crippen LogP contribution in [0.25, 0.3) is 0 Å². The van der Waals surface area contributed by atoms with E-state index in [1.54, 1.807) is 18.2 Å². The fourth-order valence-corrected chi connectivity index (χ4v) is 1.40. The number of hydrogen-bond acceptors (Lipinski definition) is 6. The van der Waals surface area contributed by atoms with Gasteiger partial charge >= 0.3 is 11.9 Å². The average molecular weight is 308 g/mol. The van der Waals surface area contributed by atoms with Crippen LogP contribution in [-0.2, 0) is 28.7 Å². The molecule has 0 atom stereocenters. The van der Waals surface area contributed by atoms with Gasteiger partial charge in [-0.3, -0.25) is 19.2 Å². The van der Waals surface area contributed by atoms with Crippen molar-refractivity contribution >= 4 is 35.1 Å². The van der Waals surface area contributed by atoms with Gasteiger partial charge in [0.05, 0.1) is 0 Å². The van der Waals surface area contributed by atoms with Crippen molar-refractivity contribution in [1.82, 2.24) is 0 Å². The van der Waals surface area contributed by atoms with E-state index in [0.29, 0.717) is 11.4 Å². The van der Waals surface area contributed by atoms with E-state index in [2.05, 4.69) is 20.1 Å². The van der Waals surface area contributed by atoms with E-state index in [0.717, 1.165) is 0 Å². The Balaban J connectivity index is 2.54. The van der Waals surface area contributed by atoms with Gasteiger partial charge in [-0.25, -0.2) is 0 Å². The van der Waals surface area contributed by atoms with Gasteiger partial charge < -0.3 is 20.1 Å². The first-order valence-electron chi connectivity index (χ1n) is 6.33. The van der Waals surface area contributed by atoms with Crippen molar-refractivity contribution in [3.63, 3.8) is 0 Å². The summed E-state index contributed by atoms with van der Waals surface area (Å²) in [4.78, 5) is 44.2. The van der Waals surface area contributed by atoms with Gasteiger partial charge in [0.1, 0.15) is 0 Å². The molecule has 8 heteroatoms. The van der Waals surface area contributed by atoms with Crippen molar-refractivity contribution in [1.29, 1.82) is 0 Å². The third-order valence-electron chi connectivity index (χ3n) is 2.24. The van der Waals surface area contributed by atoms with Gasteiger partial charge in [0.15, 0.2) is 13.2 Å². The molecule has 0 bridgehead atoms. The maximum atomic E-state index is 11.5. The van der Waals surface area contributed by atoms with E-state index in [4.69, 9.17) is 0 Å². The molecule has 22 heavy (non-hydrogen) atoms. The minimum Gasteiger partial charge on any atom is -0.456 e. The van der Waals surface area contributed by atoms with Gasteiger partial charge in [0.25, 0.3) is 11.8 Å². The molecule has 8 nitrogen and oxygen atoms in total. The number of esters is 2. The number of nitrogens with one attached hydrogen (secondary N) is 2. The van der Waals surface area contributed by atoms with Crippen LogP contribution in [0.4, 0.5) is 11.4 Å². The molecule has 1 aromatic rings. The summed E-state index contributed by atoms with van der Waals surface area (Å²) in [6, 6.07) is 6.33. The Morgan fingerprint density at radius 2 is 1.27 bits per heavy atom. The third-order valence-corrected chi connectivity index (χ3v) is 2.24. The van der Waals surface area contributed by atoms with Crippen LogP contribution in [0.1, 0.15) is 13.8 Å². The molecule has 0 radical (unpaired) electrons. The first-order valence-corrected chi connectivity index (χ1v) is 6.33. The Morgan fingerprint density at radius 3 is 1.64 bits per heavy atom. The molecular formula is C14H16N2O6. The normalized spacial score (nSPS) is 9.55. The molecule has 2 N–H and O–H groups in total. The van der Waals surface area contributed by atoms with Crippen molar-refractivity contribution in [2.24, 2.45) is 0 Å². The van der Waals surface area contributed by atoms with E-state index in [9.17, 15) is 19.2 Å². The van der Waals surface area contributed by atoms with Crippen LogP contribution in [0.2, 0.25) is 0 Å². The highest BCUT2D eigenvalue weighted by Crippen LogP contribution is 2.15. The molecule has 0 saturated carbocycles. The number of carbonyl (C=O) groups excluding carboxylic acids is 4. The topological polar surface area (TPSA) is 111 Å². The maximum Gasteiger partial charge on any atom is 0.303 e. The first-order chi connectivity index (χ1) is 10.4. The fraction of sp³-hybridized carbons (Fsp3) is 0.286. The molecule has 0 fully saturated rings. The SMILES string of the molecule is CC(=O)OCC(=O)Nc1cccc(NC(=O)COC(C)=O)c1. The second-order valence-corrected chi connectivity index (χ2v) is 4.24. The predicted octanol–water partition coefficient (Wildman–Crippen LogP) is 0.690. The largest absolute Gasteiger partial charge is 0.456 e. The van der Waals surface area contributed by atoms with Crippen LogP contribution in [0, 0.1) is 0 Å². The Kier molecular flexibility index (Phi) is 6.55. The van der Waals surface area contributed by atoms with Crippen molar-refractivity contribution in [2.45, 2.75) is 13.8 Å². The third kappa shape index (κ3) is 7.04. The molecule has 1 rings (SSSR count).